The van der Waals surface area contributed by atoms with Gasteiger partial charge in [-0.1, -0.05) is 11.6 Å². The highest BCUT2D eigenvalue weighted by Gasteiger charge is 2.23. The molecule has 0 spiro atoms. The molecule has 0 aliphatic carbocycles. The van der Waals surface area contributed by atoms with Gasteiger partial charge in [0.05, 0.1) is 23.5 Å². The maximum Gasteiger partial charge on any atom is 0.151 e. The predicted molar refractivity (Wildman–Crippen MR) is 83.5 cm³/mol. The van der Waals surface area contributed by atoms with Crippen molar-refractivity contribution in [2.45, 2.75) is 19.5 Å². The van der Waals surface area contributed by atoms with Crippen molar-refractivity contribution in [3.8, 4) is 0 Å². The van der Waals surface area contributed by atoms with Crippen molar-refractivity contribution >= 4 is 11.6 Å². The summed E-state index contributed by atoms with van der Waals surface area (Å²) in [6, 6.07) is -0.178. The van der Waals surface area contributed by atoms with Gasteiger partial charge in [0.2, 0.25) is 0 Å². The molecule has 0 saturated carbocycles. The van der Waals surface area contributed by atoms with Crippen LogP contribution in [0.2, 0.25) is 5.02 Å². The summed E-state index contributed by atoms with van der Waals surface area (Å²) < 4.78 is 1.91. The van der Waals surface area contributed by atoms with Gasteiger partial charge in [-0.05, 0) is 33.6 Å². The van der Waals surface area contributed by atoms with E-state index in [0.29, 0.717) is 10.8 Å². The number of likely N-dealkylation sites (N-methyl/N-ethyl adjacent to an activating group) is 1. The Bertz CT molecular complexity index is 578. The van der Waals surface area contributed by atoms with Gasteiger partial charge in [-0.2, -0.15) is 5.10 Å². The minimum absolute atomic E-state index is 0.178. The predicted octanol–water partition coefficient (Wildman–Crippen LogP) is 1.51. The second-order valence-corrected chi connectivity index (χ2v) is 5.65. The van der Waals surface area contributed by atoms with E-state index in [9.17, 15) is 0 Å². The van der Waals surface area contributed by atoms with Crippen LogP contribution in [0.15, 0.2) is 18.6 Å². The summed E-state index contributed by atoms with van der Waals surface area (Å²) in [5.41, 5.74) is 1.92. The summed E-state index contributed by atoms with van der Waals surface area (Å²) in [7, 11) is 5.93. The third-order valence-electron chi connectivity index (χ3n) is 3.21. The Morgan fingerprint density at radius 2 is 1.95 bits per heavy atom. The molecule has 0 aliphatic rings. The standard InChI is InChI=1S/C14H21ClN6/c1-10-7-17-14(18-8-10)12(16-2)13-11(15)9-19-21(13)6-5-20(3)4/h7-9,12,16H,5-6H2,1-4H3. The van der Waals surface area contributed by atoms with Crippen LogP contribution in [0, 0.1) is 6.92 Å². The van der Waals surface area contributed by atoms with E-state index in [1.807, 2.05) is 32.7 Å². The molecule has 2 aromatic rings. The van der Waals surface area contributed by atoms with Crippen molar-refractivity contribution in [1.82, 2.24) is 30.0 Å². The van der Waals surface area contributed by atoms with Crippen LogP contribution in [-0.4, -0.2) is 52.3 Å². The van der Waals surface area contributed by atoms with Crippen molar-refractivity contribution in [2.75, 3.05) is 27.7 Å². The molecule has 2 rings (SSSR count). The van der Waals surface area contributed by atoms with Gasteiger partial charge in [-0.25, -0.2) is 9.97 Å². The monoisotopic (exact) mass is 308 g/mol. The van der Waals surface area contributed by atoms with Crippen LogP contribution < -0.4 is 5.32 Å². The highest BCUT2D eigenvalue weighted by Crippen LogP contribution is 2.26. The minimum atomic E-state index is -0.178. The molecule has 0 fully saturated rings. The number of hydrogen-bond acceptors (Lipinski definition) is 5. The van der Waals surface area contributed by atoms with Crippen LogP contribution >= 0.6 is 11.6 Å². The van der Waals surface area contributed by atoms with Crippen molar-refractivity contribution < 1.29 is 0 Å². The van der Waals surface area contributed by atoms with Crippen molar-refractivity contribution in [3.05, 3.63) is 40.7 Å². The quantitative estimate of drug-likeness (QED) is 0.876. The van der Waals surface area contributed by atoms with Crippen LogP contribution in [0.1, 0.15) is 23.1 Å². The van der Waals surface area contributed by atoms with Gasteiger partial charge in [0.25, 0.3) is 0 Å². The largest absolute Gasteiger partial charge is 0.308 e. The molecule has 0 radical (unpaired) electrons. The van der Waals surface area contributed by atoms with Crippen LogP contribution in [-0.2, 0) is 6.54 Å². The summed E-state index contributed by atoms with van der Waals surface area (Å²) in [5.74, 6) is 0.691. The molecule has 0 aliphatic heterocycles. The minimum Gasteiger partial charge on any atom is -0.308 e. The lowest BCUT2D eigenvalue weighted by Crippen LogP contribution is -2.26. The number of halogens is 1. The first kappa shape index (κ1) is 15.9. The second kappa shape index (κ2) is 6.98. The van der Waals surface area contributed by atoms with Gasteiger partial charge in [0, 0.05) is 18.9 Å². The van der Waals surface area contributed by atoms with Gasteiger partial charge in [0.15, 0.2) is 5.82 Å². The molecule has 21 heavy (non-hydrogen) atoms. The van der Waals surface area contributed by atoms with Crippen LogP contribution in [0.5, 0.6) is 0 Å². The smallest absolute Gasteiger partial charge is 0.151 e. The van der Waals surface area contributed by atoms with Crippen molar-refractivity contribution in [1.29, 1.82) is 0 Å². The lowest BCUT2D eigenvalue weighted by Gasteiger charge is -2.18. The molecule has 6 nitrogen and oxygen atoms in total. The normalized spacial score (nSPS) is 12.9. The molecule has 0 saturated heterocycles. The molecule has 1 N–H and O–H groups in total. The molecule has 0 amide bonds. The first-order valence-corrected chi connectivity index (χ1v) is 7.22. The van der Waals surface area contributed by atoms with Gasteiger partial charge >= 0.3 is 0 Å². The van der Waals surface area contributed by atoms with Gasteiger partial charge in [-0.15, -0.1) is 0 Å². The molecule has 7 heteroatoms. The van der Waals surface area contributed by atoms with E-state index >= 15 is 0 Å². The van der Waals surface area contributed by atoms with Gasteiger partial charge in [0.1, 0.15) is 6.04 Å². The maximum atomic E-state index is 6.32. The lowest BCUT2D eigenvalue weighted by molar-refractivity contribution is 0.365. The summed E-state index contributed by atoms with van der Waals surface area (Å²) in [5, 5.41) is 8.21. The zero-order chi connectivity index (χ0) is 15.4. The van der Waals surface area contributed by atoms with E-state index in [4.69, 9.17) is 11.6 Å². The summed E-state index contributed by atoms with van der Waals surface area (Å²) in [6.07, 6.45) is 5.29. The van der Waals surface area contributed by atoms with E-state index < -0.39 is 0 Å². The zero-order valence-electron chi connectivity index (χ0n) is 12.8. The SMILES string of the molecule is CNC(c1ncc(C)cn1)c1c(Cl)cnn1CCN(C)C. The molecule has 0 bridgehead atoms. The fraction of sp³-hybridized carbons (Fsp3) is 0.500. The highest BCUT2D eigenvalue weighted by molar-refractivity contribution is 6.31. The lowest BCUT2D eigenvalue weighted by atomic mass is 10.2. The maximum absolute atomic E-state index is 6.32. The molecule has 0 aromatic carbocycles. The summed E-state index contributed by atoms with van der Waals surface area (Å²) >= 11 is 6.32. The third kappa shape index (κ3) is 3.78. The zero-order valence-corrected chi connectivity index (χ0v) is 13.6. The summed E-state index contributed by atoms with van der Waals surface area (Å²) in [4.78, 5) is 10.9. The number of nitrogens with one attached hydrogen (secondary N) is 1. The molecular weight excluding hydrogens is 288 g/mol. The topological polar surface area (TPSA) is 58.9 Å². The van der Waals surface area contributed by atoms with Gasteiger partial charge in [-0.3, -0.25) is 4.68 Å². The van der Waals surface area contributed by atoms with Crippen molar-refractivity contribution in [3.63, 3.8) is 0 Å². The Labute approximate surface area is 130 Å². The second-order valence-electron chi connectivity index (χ2n) is 5.24. The molecule has 1 unspecified atom stereocenters. The van der Waals surface area contributed by atoms with Crippen molar-refractivity contribution in [2.24, 2.45) is 0 Å². The molecular formula is C14H21ClN6. The van der Waals surface area contributed by atoms with Crippen LogP contribution in [0.4, 0.5) is 0 Å². The average molecular weight is 309 g/mol. The first-order chi connectivity index (χ1) is 10.0. The van der Waals surface area contributed by atoms with Crippen LogP contribution in [0.3, 0.4) is 0 Å². The number of nitrogens with zero attached hydrogens (tertiary/aromatic N) is 5. The van der Waals surface area contributed by atoms with Gasteiger partial charge < -0.3 is 10.2 Å². The van der Waals surface area contributed by atoms with E-state index in [1.165, 1.54) is 0 Å². The number of hydrogen-bond donors (Lipinski definition) is 1. The molecule has 1 atom stereocenters. The Hall–Kier alpha value is -1.50. The fourth-order valence-electron chi connectivity index (χ4n) is 2.07. The first-order valence-electron chi connectivity index (χ1n) is 6.84. The van der Waals surface area contributed by atoms with E-state index in [-0.39, 0.29) is 6.04 Å². The van der Waals surface area contributed by atoms with E-state index in [2.05, 4.69) is 25.3 Å². The fourth-order valence-corrected chi connectivity index (χ4v) is 2.32. The molecule has 114 valence electrons. The summed E-state index contributed by atoms with van der Waals surface area (Å²) in [6.45, 7) is 3.61. The Kier molecular flexibility index (Phi) is 5.27. The number of aromatic nitrogens is 4. The third-order valence-corrected chi connectivity index (χ3v) is 3.50. The Balaban J connectivity index is 2.33. The molecule has 2 heterocycles. The highest BCUT2D eigenvalue weighted by atomic mass is 35.5. The number of rotatable bonds is 6. The van der Waals surface area contributed by atoms with E-state index in [1.54, 1.807) is 18.6 Å². The number of aryl methyl sites for hydroxylation is 1. The molecule has 2 aromatic heterocycles. The Morgan fingerprint density at radius 1 is 1.29 bits per heavy atom. The van der Waals surface area contributed by atoms with Crippen LogP contribution in [0.25, 0.3) is 0 Å². The van der Waals surface area contributed by atoms with E-state index in [0.717, 1.165) is 24.3 Å². The Morgan fingerprint density at radius 3 is 2.52 bits per heavy atom. The average Bonchev–Trinajstić information content (AvgIpc) is 2.81.